The normalized spacial score (nSPS) is 13.9. The molecule has 0 aliphatic heterocycles. The number of thiazole rings is 1. The number of rotatable bonds is 6. The van der Waals surface area contributed by atoms with Crippen LogP contribution in [0.1, 0.15) is 29.4 Å². The highest BCUT2D eigenvalue weighted by atomic mass is 32.1. The van der Waals surface area contributed by atoms with E-state index in [0.29, 0.717) is 22.6 Å². The molecule has 1 saturated carbocycles. The number of aromatic nitrogens is 1. The van der Waals surface area contributed by atoms with Crippen LogP contribution in [0.5, 0.6) is 0 Å². The molecule has 0 spiro atoms. The van der Waals surface area contributed by atoms with Gasteiger partial charge in [0.1, 0.15) is 17.2 Å². The number of nitrogen functional groups attached to an aromatic ring is 1. The Morgan fingerprint density at radius 2 is 2.10 bits per heavy atom. The van der Waals surface area contributed by atoms with E-state index in [1.54, 1.807) is 14.1 Å². The smallest absolute Gasteiger partial charge is 0.268 e. The average molecular weight is 311 g/mol. The first-order chi connectivity index (χ1) is 9.92. The van der Waals surface area contributed by atoms with Gasteiger partial charge in [-0.2, -0.15) is 0 Å². The summed E-state index contributed by atoms with van der Waals surface area (Å²) in [4.78, 5) is 31.8. The molecule has 0 radical (unpaired) electrons. The zero-order valence-electron chi connectivity index (χ0n) is 12.5. The molecule has 116 valence electrons. The quantitative estimate of drug-likeness (QED) is 0.812. The molecule has 2 rings (SSSR count). The maximum absolute atomic E-state index is 12.5. The van der Waals surface area contributed by atoms with E-state index in [4.69, 9.17) is 5.73 Å². The molecule has 3 N–H and O–H groups in total. The van der Waals surface area contributed by atoms with Crippen molar-refractivity contribution in [1.29, 1.82) is 0 Å². The molecule has 2 amide bonds. The monoisotopic (exact) mass is 311 g/mol. The fraction of sp³-hybridized carbons (Fsp3) is 0.615. The molecule has 0 bridgehead atoms. The Morgan fingerprint density at radius 3 is 2.62 bits per heavy atom. The lowest BCUT2D eigenvalue weighted by Crippen LogP contribution is -2.40. The van der Waals surface area contributed by atoms with E-state index < -0.39 is 0 Å². The van der Waals surface area contributed by atoms with Crippen molar-refractivity contribution in [3.8, 4) is 0 Å². The van der Waals surface area contributed by atoms with Crippen LogP contribution >= 0.6 is 11.3 Å². The minimum atomic E-state index is -0.244. The number of carbonyl (C=O) groups excluding carboxylic acids is 2. The zero-order valence-corrected chi connectivity index (χ0v) is 13.4. The topological polar surface area (TPSA) is 91.6 Å². The van der Waals surface area contributed by atoms with Crippen LogP contribution in [-0.2, 0) is 4.79 Å². The first-order valence-electron chi connectivity index (χ1n) is 6.94. The van der Waals surface area contributed by atoms with Crippen LogP contribution in [-0.4, -0.2) is 59.8 Å². The highest BCUT2D eigenvalue weighted by Gasteiger charge is 2.26. The first-order valence-corrected chi connectivity index (χ1v) is 7.76. The van der Waals surface area contributed by atoms with Crippen molar-refractivity contribution in [3.63, 3.8) is 0 Å². The van der Waals surface area contributed by atoms with Gasteiger partial charge in [0.25, 0.3) is 5.91 Å². The van der Waals surface area contributed by atoms with Gasteiger partial charge in [0.15, 0.2) is 5.13 Å². The number of hydrogen-bond donors (Lipinski definition) is 2. The minimum Gasteiger partial charge on any atom is -0.382 e. The fourth-order valence-corrected chi connectivity index (χ4v) is 2.65. The number of nitrogens with one attached hydrogen (secondary N) is 1. The fourth-order valence-electron chi connectivity index (χ4n) is 1.72. The average Bonchev–Trinajstić information content (AvgIpc) is 3.16. The van der Waals surface area contributed by atoms with Gasteiger partial charge >= 0.3 is 0 Å². The highest BCUT2D eigenvalue weighted by Crippen LogP contribution is 2.31. The molecule has 8 heteroatoms. The molecule has 1 aromatic heterocycles. The molecule has 0 atom stereocenters. The number of nitrogens with two attached hydrogens (primary N) is 1. The summed E-state index contributed by atoms with van der Waals surface area (Å²) in [7, 11) is 3.33. The molecular formula is C13H21N5O2S. The first kappa shape index (κ1) is 15.6. The number of carbonyl (C=O) groups is 2. The van der Waals surface area contributed by atoms with Crippen molar-refractivity contribution in [3.05, 3.63) is 4.88 Å². The Morgan fingerprint density at radius 1 is 1.43 bits per heavy atom. The summed E-state index contributed by atoms with van der Waals surface area (Å²) in [5.74, 6) is -0.139. The molecule has 0 saturated heterocycles. The summed E-state index contributed by atoms with van der Waals surface area (Å²) < 4.78 is 0. The van der Waals surface area contributed by atoms with Gasteiger partial charge in [-0.25, -0.2) is 4.98 Å². The van der Waals surface area contributed by atoms with Crippen LogP contribution in [0.4, 0.5) is 10.9 Å². The lowest BCUT2D eigenvalue weighted by molar-refractivity contribution is -0.129. The molecule has 1 fully saturated rings. The molecule has 1 aromatic rings. The molecule has 1 aliphatic rings. The van der Waals surface area contributed by atoms with E-state index in [0.717, 1.165) is 12.8 Å². The van der Waals surface area contributed by atoms with Gasteiger partial charge in [0, 0.05) is 26.7 Å². The van der Waals surface area contributed by atoms with Gasteiger partial charge < -0.3 is 20.9 Å². The lowest BCUT2D eigenvalue weighted by Gasteiger charge is -2.21. The van der Waals surface area contributed by atoms with Crippen LogP contribution in [0.25, 0.3) is 0 Å². The van der Waals surface area contributed by atoms with Crippen molar-refractivity contribution in [2.45, 2.75) is 25.8 Å². The minimum absolute atomic E-state index is 0.0467. The largest absolute Gasteiger partial charge is 0.382 e. The second kappa shape index (κ2) is 6.30. The van der Waals surface area contributed by atoms with Crippen LogP contribution in [0.15, 0.2) is 0 Å². The van der Waals surface area contributed by atoms with Crippen molar-refractivity contribution in [2.75, 3.05) is 38.2 Å². The molecule has 7 nitrogen and oxygen atoms in total. The maximum Gasteiger partial charge on any atom is 0.268 e. The van der Waals surface area contributed by atoms with Crippen molar-refractivity contribution in [1.82, 2.24) is 14.8 Å². The third-order valence-corrected chi connectivity index (χ3v) is 4.24. The molecule has 0 aromatic carbocycles. The third-order valence-electron chi connectivity index (χ3n) is 3.25. The molecule has 21 heavy (non-hydrogen) atoms. The van der Waals surface area contributed by atoms with Gasteiger partial charge in [-0.1, -0.05) is 11.3 Å². The zero-order chi connectivity index (χ0) is 15.6. The van der Waals surface area contributed by atoms with Crippen molar-refractivity contribution >= 4 is 34.1 Å². The lowest BCUT2D eigenvalue weighted by atomic mass is 10.3. The summed E-state index contributed by atoms with van der Waals surface area (Å²) in [6, 6.07) is 0.455. The number of anilines is 2. The van der Waals surface area contributed by atoms with Gasteiger partial charge in [0.2, 0.25) is 5.91 Å². The van der Waals surface area contributed by atoms with E-state index in [1.165, 1.54) is 21.1 Å². The van der Waals surface area contributed by atoms with Crippen LogP contribution in [0.2, 0.25) is 0 Å². The van der Waals surface area contributed by atoms with Crippen molar-refractivity contribution < 1.29 is 9.59 Å². The maximum atomic E-state index is 12.5. The Kier molecular flexibility index (Phi) is 4.66. The van der Waals surface area contributed by atoms with Crippen LogP contribution < -0.4 is 11.1 Å². The van der Waals surface area contributed by atoms with E-state index >= 15 is 0 Å². The summed E-state index contributed by atoms with van der Waals surface area (Å²) in [5.41, 5.74) is 5.84. The Labute approximate surface area is 128 Å². The second-order valence-corrected chi connectivity index (χ2v) is 6.26. The van der Waals surface area contributed by atoms with Crippen LogP contribution in [0.3, 0.4) is 0 Å². The summed E-state index contributed by atoms with van der Waals surface area (Å²) in [6.07, 6.45) is 2.25. The Balaban J connectivity index is 2.09. The number of likely N-dealkylation sites (N-methyl/N-ethyl adjacent to an activating group) is 2. The SMILES string of the molecule is CCN(CC(=O)N(C)C)C(=O)c1sc(NC2CC2)nc1N. The number of amides is 2. The predicted octanol–water partition coefficient (Wildman–Crippen LogP) is 0.850. The van der Waals surface area contributed by atoms with E-state index in [2.05, 4.69) is 10.3 Å². The van der Waals surface area contributed by atoms with E-state index in [1.807, 2.05) is 6.92 Å². The van der Waals surface area contributed by atoms with Crippen LogP contribution in [0, 0.1) is 0 Å². The highest BCUT2D eigenvalue weighted by molar-refractivity contribution is 7.18. The predicted molar refractivity (Wildman–Crippen MR) is 83.4 cm³/mol. The number of nitrogens with zero attached hydrogens (tertiary/aromatic N) is 3. The third kappa shape index (κ3) is 3.84. The van der Waals surface area contributed by atoms with Crippen molar-refractivity contribution in [2.24, 2.45) is 0 Å². The Hall–Kier alpha value is -1.83. The van der Waals surface area contributed by atoms with Gasteiger partial charge in [0.05, 0.1) is 0 Å². The summed E-state index contributed by atoms with van der Waals surface area (Å²) in [5, 5.41) is 3.90. The molecular weight excluding hydrogens is 290 g/mol. The van der Waals surface area contributed by atoms with Gasteiger partial charge in [-0.05, 0) is 19.8 Å². The Bertz CT molecular complexity index is 539. The number of hydrogen-bond acceptors (Lipinski definition) is 6. The molecule has 1 aliphatic carbocycles. The molecule has 0 unspecified atom stereocenters. The molecule has 1 heterocycles. The van der Waals surface area contributed by atoms with E-state index in [9.17, 15) is 9.59 Å². The van der Waals surface area contributed by atoms with Gasteiger partial charge in [-0.15, -0.1) is 0 Å². The summed E-state index contributed by atoms with van der Waals surface area (Å²) >= 11 is 1.25. The van der Waals surface area contributed by atoms with Gasteiger partial charge in [-0.3, -0.25) is 9.59 Å². The van der Waals surface area contributed by atoms with E-state index in [-0.39, 0.29) is 24.2 Å². The second-order valence-electron chi connectivity index (χ2n) is 5.26. The summed E-state index contributed by atoms with van der Waals surface area (Å²) in [6.45, 7) is 2.33. The standard InChI is InChI=1S/C13H21N5O2S/c1-4-18(7-9(19)17(2)3)12(20)10-11(14)16-13(21-10)15-8-5-6-8/h8H,4-7,14H2,1-3H3,(H,15,16).